The number of ether oxygens (including phenoxy) is 2. The molecule has 26 heavy (non-hydrogen) atoms. The Bertz CT molecular complexity index is 704. The van der Waals surface area contributed by atoms with E-state index in [0.717, 1.165) is 0 Å². The van der Waals surface area contributed by atoms with Crippen LogP contribution in [0.3, 0.4) is 0 Å². The second kappa shape index (κ2) is 6.37. The van der Waals surface area contributed by atoms with E-state index in [-0.39, 0.29) is 25.0 Å². The van der Waals surface area contributed by atoms with Crippen LogP contribution in [0, 0.1) is 16.7 Å². The van der Waals surface area contributed by atoms with Gasteiger partial charge in [0.1, 0.15) is 18.8 Å². The van der Waals surface area contributed by atoms with Crippen molar-refractivity contribution in [2.24, 2.45) is 16.7 Å². The summed E-state index contributed by atoms with van der Waals surface area (Å²) in [5, 5.41) is 2.05. The minimum atomic E-state index is -3.57. The normalized spacial score (nSPS) is 36.8. The van der Waals surface area contributed by atoms with Crippen LogP contribution in [0.15, 0.2) is 0 Å². The lowest BCUT2D eigenvalue weighted by Crippen LogP contribution is -2.44. The van der Waals surface area contributed by atoms with Crippen molar-refractivity contribution in [2.45, 2.75) is 64.4 Å². The summed E-state index contributed by atoms with van der Waals surface area (Å²) < 4.78 is 40.0. The molecule has 9 heteroatoms. The summed E-state index contributed by atoms with van der Waals surface area (Å²) in [6.45, 7) is 7.59. The summed E-state index contributed by atoms with van der Waals surface area (Å²) in [7, 11) is -3.57. The van der Waals surface area contributed by atoms with E-state index in [2.05, 4.69) is 5.32 Å². The van der Waals surface area contributed by atoms with Crippen LogP contribution in [0.1, 0.15) is 47.0 Å². The van der Waals surface area contributed by atoms with Crippen molar-refractivity contribution in [1.82, 2.24) is 5.32 Å². The Hall–Kier alpha value is -1.35. The minimum Gasteiger partial charge on any atom is -0.463 e. The van der Waals surface area contributed by atoms with Crippen LogP contribution in [-0.4, -0.2) is 51.1 Å². The van der Waals surface area contributed by atoms with E-state index in [9.17, 15) is 18.0 Å². The summed E-state index contributed by atoms with van der Waals surface area (Å²) in [6, 6.07) is 0. The highest BCUT2D eigenvalue weighted by Gasteiger charge is 2.72. The molecule has 2 saturated carbocycles. The second-order valence-electron chi connectivity index (χ2n) is 8.37. The number of carbonyl (C=O) groups excluding carboxylic acids is 2. The Morgan fingerprint density at radius 2 is 2.04 bits per heavy atom. The highest BCUT2D eigenvalue weighted by molar-refractivity contribution is 7.87. The van der Waals surface area contributed by atoms with E-state index in [0.29, 0.717) is 19.3 Å². The number of rotatable bonds is 6. The Labute approximate surface area is 154 Å². The molecule has 5 unspecified atom stereocenters. The van der Waals surface area contributed by atoms with Gasteiger partial charge in [0.2, 0.25) is 0 Å². The number of fused-ring (bicyclic) bond motifs is 1. The molecule has 2 bridgehead atoms. The van der Waals surface area contributed by atoms with E-state index in [1.165, 1.54) is 0 Å². The summed E-state index contributed by atoms with van der Waals surface area (Å²) >= 11 is 0. The van der Waals surface area contributed by atoms with Crippen molar-refractivity contribution in [3.8, 4) is 0 Å². The molecule has 0 aromatic heterocycles. The van der Waals surface area contributed by atoms with Crippen LogP contribution in [0.4, 0.5) is 4.79 Å². The third-order valence-electron chi connectivity index (χ3n) is 6.24. The predicted octanol–water partition coefficient (Wildman–Crippen LogP) is 1.59. The summed E-state index contributed by atoms with van der Waals surface area (Å²) in [5.41, 5.74) is -1.03. The van der Waals surface area contributed by atoms with Gasteiger partial charge in [-0.05, 0) is 33.1 Å². The van der Waals surface area contributed by atoms with E-state index in [1.54, 1.807) is 13.8 Å². The van der Waals surface area contributed by atoms with Gasteiger partial charge in [-0.3, -0.25) is 8.98 Å². The molecule has 148 valence electrons. The SMILES string of the molecule is CCC(C)(C)C(=O)OCCNC(=O)OC1C2CC3C(C)(C2)C1OS3(=O)=O. The molecule has 1 heterocycles. The number of nitrogens with one attached hydrogen (secondary N) is 1. The Balaban J connectivity index is 1.46. The lowest BCUT2D eigenvalue weighted by Gasteiger charge is -2.30. The van der Waals surface area contributed by atoms with Crippen molar-refractivity contribution in [2.75, 3.05) is 13.2 Å². The van der Waals surface area contributed by atoms with Crippen molar-refractivity contribution in [3.05, 3.63) is 0 Å². The van der Waals surface area contributed by atoms with Gasteiger partial charge in [-0.2, -0.15) is 8.42 Å². The maximum Gasteiger partial charge on any atom is 0.407 e. The maximum absolute atomic E-state index is 12.1. The summed E-state index contributed by atoms with van der Waals surface area (Å²) in [6.07, 6.45) is -0.00376. The van der Waals surface area contributed by atoms with Crippen LogP contribution in [0.5, 0.6) is 0 Å². The van der Waals surface area contributed by atoms with Crippen LogP contribution in [0.2, 0.25) is 0 Å². The largest absolute Gasteiger partial charge is 0.463 e. The number of carbonyl (C=O) groups is 2. The second-order valence-corrected chi connectivity index (χ2v) is 10.1. The zero-order chi connectivity index (χ0) is 19.3. The van der Waals surface area contributed by atoms with Crippen molar-refractivity contribution >= 4 is 22.2 Å². The van der Waals surface area contributed by atoms with Gasteiger partial charge >= 0.3 is 12.1 Å². The molecule has 8 nitrogen and oxygen atoms in total. The molecule has 3 fully saturated rings. The molecule has 3 rings (SSSR count). The fourth-order valence-electron chi connectivity index (χ4n) is 4.28. The third kappa shape index (κ3) is 3.09. The van der Waals surface area contributed by atoms with Gasteiger partial charge in [0.05, 0.1) is 17.2 Å². The van der Waals surface area contributed by atoms with Crippen molar-refractivity contribution in [1.29, 1.82) is 0 Å². The van der Waals surface area contributed by atoms with Crippen LogP contribution < -0.4 is 5.32 Å². The first-order chi connectivity index (χ1) is 12.0. The molecule has 1 N–H and O–H groups in total. The average molecular weight is 389 g/mol. The van der Waals surface area contributed by atoms with Crippen LogP contribution >= 0.6 is 0 Å². The quantitative estimate of drug-likeness (QED) is 0.417. The molecule has 0 spiro atoms. The monoisotopic (exact) mass is 389 g/mol. The molecule has 2 aliphatic carbocycles. The summed E-state index contributed by atoms with van der Waals surface area (Å²) in [4.78, 5) is 23.9. The van der Waals surface area contributed by atoms with E-state index >= 15 is 0 Å². The Morgan fingerprint density at radius 3 is 2.69 bits per heavy atom. The lowest BCUT2D eigenvalue weighted by atomic mass is 9.82. The van der Waals surface area contributed by atoms with Crippen molar-refractivity contribution in [3.63, 3.8) is 0 Å². The molecule has 5 atom stereocenters. The number of hydrogen-bond donors (Lipinski definition) is 1. The first-order valence-corrected chi connectivity index (χ1v) is 10.5. The first-order valence-electron chi connectivity index (χ1n) is 9.05. The topological polar surface area (TPSA) is 108 Å². The van der Waals surface area contributed by atoms with Gasteiger partial charge in [0.15, 0.2) is 0 Å². The van der Waals surface area contributed by atoms with Crippen LogP contribution in [0.25, 0.3) is 0 Å². The zero-order valence-electron chi connectivity index (χ0n) is 15.6. The fourth-order valence-corrected chi connectivity index (χ4v) is 6.40. The number of amides is 1. The molecular weight excluding hydrogens is 362 g/mol. The Morgan fingerprint density at radius 1 is 1.35 bits per heavy atom. The number of alkyl carbamates (subject to hydrolysis) is 1. The average Bonchev–Trinajstić information content (AvgIpc) is 3.07. The molecule has 3 aliphatic rings. The van der Waals surface area contributed by atoms with Gasteiger partial charge in [0, 0.05) is 11.3 Å². The van der Waals surface area contributed by atoms with E-state index in [4.69, 9.17) is 13.7 Å². The summed E-state index contributed by atoms with van der Waals surface area (Å²) in [5.74, 6) is -0.312. The molecule has 0 radical (unpaired) electrons. The highest BCUT2D eigenvalue weighted by atomic mass is 32.2. The predicted molar refractivity (Wildman–Crippen MR) is 91.7 cm³/mol. The molecule has 1 amide bonds. The molecular formula is C17H27NO7S. The van der Waals surface area contributed by atoms with E-state index < -0.39 is 44.5 Å². The van der Waals surface area contributed by atoms with Gasteiger partial charge < -0.3 is 14.8 Å². The molecule has 1 saturated heterocycles. The molecule has 0 aromatic rings. The van der Waals surface area contributed by atoms with Gasteiger partial charge in [0.25, 0.3) is 10.1 Å². The van der Waals surface area contributed by atoms with Gasteiger partial charge in [-0.25, -0.2) is 4.79 Å². The van der Waals surface area contributed by atoms with E-state index in [1.807, 2.05) is 13.8 Å². The fraction of sp³-hybridized carbons (Fsp3) is 0.882. The van der Waals surface area contributed by atoms with Gasteiger partial charge in [-0.15, -0.1) is 0 Å². The first kappa shape index (κ1) is 19.4. The highest BCUT2D eigenvalue weighted by Crippen LogP contribution is 2.63. The number of esters is 1. The molecule has 0 aromatic carbocycles. The Kier molecular flexibility index (Phi) is 4.75. The van der Waals surface area contributed by atoms with Crippen LogP contribution in [-0.2, 0) is 28.6 Å². The zero-order valence-corrected chi connectivity index (χ0v) is 16.4. The lowest BCUT2D eigenvalue weighted by molar-refractivity contribution is -0.153. The standard InChI is InChI=1S/C17H27NO7S/c1-5-16(2,3)14(19)23-7-6-18-15(20)24-12-10-8-11-17(4,9-10)13(12)25-26(11,21)22/h10-13H,5-9H2,1-4H3,(H,18,20). The van der Waals surface area contributed by atoms with Gasteiger partial charge in [-0.1, -0.05) is 13.8 Å². The number of hydrogen-bond acceptors (Lipinski definition) is 7. The smallest absolute Gasteiger partial charge is 0.407 e. The van der Waals surface area contributed by atoms with Crippen molar-refractivity contribution < 1.29 is 31.7 Å². The minimum absolute atomic E-state index is 0.00112. The molecule has 1 aliphatic heterocycles. The third-order valence-corrected chi connectivity index (χ3v) is 8.14. The maximum atomic E-state index is 12.1.